The molecule has 2 aromatic heterocycles. The number of carbonyl (C=O) groups excluding carboxylic acids is 2. The van der Waals surface area contributed by atoms with E-state index in [0.29, 0.717) is 13.1 Å². The number of methoxy groups -OCH3 is 2. The molecule has 0 unspecified atom stereocenters. The summed E-state index contributed by atoms with van der Waals surface area (Å²) in [5, 5.41) is 6.42. The van der Waals surface area contributed by atoms with Crippen LogP contribution in [0.15, 0.2) is 49.1 Å². The summed E-state index contributed by atoms with van der Waals surface area (Å²) < 4.78 is 9.57. The maximum atomic E-state index is 11.5. The Morgan fingerprint density at radius 1 is 0.735 bits per heavy atom. The van der Waals surface area contributed by atoms with Gasteiger partial charge in [0, 0.05) is 62.8 Å². The van der Waals surface area contributed by atoms with E-state index < -0.39 is 0 Å². The predicted molar refractivity (Wildman–Crippen MR) is 140 cm³/mol. The highest BCUT2D eigenvalue weighted by Gasteiger charge is 2.35. The van der Waals surface area contributed by atoms with E-state index in [4.69, 9.17) is 9.47 Å². The molecule has 192 valence electrons. The largest absolute Gasteiger partial charge is 0.469 e. The third-order valence-electron chi connectivity index (χ3n) is 5.66. The van der Waals surface area contributed by atoms with Crippen molar-refractivity contribution in [1.29, 1.82) is 0 Å². The van der Waals surface area contributed by atoms with E-state index in [-0.39, 0.29) is 85.2 Å². The topological polar surface area (TPSA) is 102 Å². The molecule has 2 aliphatic rings. The van der Waals surface area contributed by atoms with Crippen LogP contribution in [-0.4, -0.2) is 62.3 Å². The monoisotopic (exact) mass is 556 g/mol. The predicted octanol–water partition coefficient (Wildman–Crippen LogP) is 2.80. The number of rotatable bonds is 4. The number of halogens is 4. The number of esters is 2. The molecule has 0 aromatic carbocycles. The van der Waals surface area contributed by atoms with Crippen molar-refractivity contribution in [3.63, 3.8) is 0 Å². The Morgan fingerprint density at radius 2 is 1.12 bits per heavy atom. The normalized spacial score (nSPS) is 22.2. The average Bonchev–Trinajstić information content (AvgIpc) is 3.50. The number of aromatic nitrogens is 2. The van der Waals surface area contributed by atoms with E-state index in [2.05, 4.69) is 20.6 Å². The minimum absolute atomic E-state index is 0. The first-order valence-corrected chi connectivity index (χ1v) is 10.0. The number of ether oxygens (including phenoxy) is 2. The smallest absolute Gasteiger partial charge is 0.310 e. The van der Waals surface area contributed by atoms with Crippen LogP contribution in [0.3, 0.4) is 0 Å². The number of carbonyl (C=O) groups is 2. The van der Waals surface area contributed by atoms with Gasteiger partial charge in [-0.15, -0.1) is 49.6 Å². The fraction of sp³-hybridized carbons (Fsp3) is 0.455. The minimum Gasteiger partial charge on any atom is -0.469 e. The summed E-state index contributed by atoms with van der Waals surface area (Å²) in [6, 6.07) is 7.78. The van der Waals surface area contributed by atoms with E-state index in [1.165, 1.54) is 14.2 Å². The van der Waals surface area contributed by atoms with Crippen molar-refractivity contribution in [3.05, 3.63) is 60.2 Å². The van der Waals surface area contributed by atoms with Crippen LogP contribution in [0.25, 0.3) is 0 Å². The molecule has 4 rings (SSSR count). The Labute approximate surface area is 225 Å². The van der Waals surface area contributed by atoms with Crippen LogP contribution in [0.4, 0.5) is 0 Å². The Kier molecular flexibility index (Phi) is 18.0. The molecule has 2 N–H and O–H groups in total. The van der Waals surface area contributed by atoms with Crippen LogP contribution >= 0.6 is 49.6 Å². The third-order valence-corrected chi connectivity index (χ3v) is 5.66. The molecule has 0 radical (unpaired) electrons. The number of nitrogens with one attached hydrogen (secondary N) is 2. The Morgan fingerprint density at radius 3 is 1.41 bits per heavy atom. The van der Waals surface area contributed by atoms with E-state index in [9.17, 15) is 9.59 Å². The van der Waals surface area contributed by atoms with Crippen LogP contribution in [0, 0.1) is 11.8 Å². The Bertz CT molecular complexity index is 767. The van der Waals surface area contributed by atoms with Gasteiger partial charge < -0.3 is 20.1 Å². The lowest BCUT2D eigenvalue weighted by molar-refractivity contribution is -0.146. The van der Waals surface area contributed by atoms with E-state index in [1.54, 1.807) is 12.4 Å². The molecule has 12 heteroatoms. The molecule has 2 fully saturated rings. The third kappa shape index (κ3) is 8.83. The highest BCUT2D eigenvalue weighted by molar-refractivity contribution is 5.86. The lowest BCUT2D eigenvalue weighted by Gasteiger charge is -2.15. The molecule has 34 heavy (non-hydrogen) atoms. The summed E-state index contributed by atoms with van der Waals surface area (Å²) in [5.41, 5.74) is 2.19. The van der Waals surface area contributed by atoms with Gasteiger partial charge in [-0.05, 0) is 23.3 Å². The summed E-state index contributed by atoms with van der Waals surface area (Å²) in [7, 11) is 2.86. The maximum Gasteiger partial charge on any atom is 0.310 e. The van der Waals surface area contributed by atoms with Gasteiger partial charge in [0.25, 0.3) is 0 Å². The molecule has 0 aliphatic carbocycles. The zero-order valence-corrected chi connectivity index (χ0v) is 22.2. The summed E-state index contributed by atoms with van der Waals surface area (Å²) in [4.78, 5) is 31.2. The van der Waals surface area contributed by atoms with Gasteiger partial charge in [-0.1, -0.05) is 12.1 Å². The van der Waals surface area contributed by atoms with Gasteiger partial charge in [0.05, 0.1) is 26.1 Å². The van der Waals surface area contributed by atoms with Gasteiger partial charge in [0.2, 0.25) is 0 Å². The zero-order chi connectivity index (χ0) is 21.3. The average molecular weight is 558 g/mol. The Hall–Kier alpha value is -1.68. The molecular formula is C22H32Cl4N4O4. The second-order valence-corrected chi connectivity index (χ2v) is 7.36. The van der Waals surface area contributed by atoms with E-state index in [0.717, 1.165) is 24.2 Å². The first-order valence-electron chi connectivity index (χ1n) is 10.0. The number of hydrogen-bond donors (Lipinski definition) is 2. The zero-order valence-electron chi connectivity index (χ0n) is 18.9. The van der Waals surface area contributed by atoms with Crippen LogP contribution in [0.1, 0.15) is 23.0 Å². The van der Waals surface area contributed by atoms with Crippen molar-refractivity contribution in [2.75, 3.05) is 40.4 Å². The summed E-state index contributed by atoms with van der Waals surface area (Å²) >= 11 is 0. The van der Waals surface area contributed by atoms with Crippen molar-refractivity contribution in [3.8, 4) is 0 Å². The van der Waals surface area contributed by atoms with Crippen molar-refractivity contribution in [1.82, 2.24) is 20.6 Å². The van der Waals surface area contributed by atoms with Crippen molar-refractivity contribution in [2.45, 2.75) is 11.8 Å². The van der Waals surface area contributed by atoms with Gasteiger partial charge in [-0.25, -0.2) is 0 Å². The van der Waals surface area contributed by atoms with Gasteiger partial charge in [-0.2, -0.15) is 0 Å². The molecule has 2 saturated heterocycles. The van der Waals surface area contributed by atoms with Crippen LogP contribution in [0.2, 0.25) is 0 Å². The van der Waals surface area contributed by atoms with Crippen LogP contribution in [-0.2, 0) is 19.1 Å². The molecular weight excluding hydrogens is 526 g/mol. The second kappa shape index (κ2) is 17.7. The quantitative estimate of drug-likeness (QED) is 0.553. The maximum absolute atomic E-state index is 11.5. The molecule has 2 aromatic rings. The summed E-state index contributed by atoms with van der Waals surface area (Å²) in [5.74, 6) is -0.0848. The first-order chi connectivity index (χ1) is 14.7. The fourth-order valence-electron chi connectivity index (χ4n) is 4.05. The Balaban J connectivity index is 0. The van der Waals surface area contributed by atoms with Gasteiger partial charge >= 0.3 is 11.9 Å². The second-order valence-electron chi connectivity index (χ2n) is 7.36. The highest BCUT2D eigenvalue weighted by atomic mass is 35.5. The highest BCUT2D eigenvalue weighted by Crippen LogP contribution is 2.29. The lowest BCUT2D eigenvalue weighted by atomic mass is 9.90. The standard InChI is InChI=1S/2C11H14N2O2.4ClH/c2*1-15-11(14)10-7-13-6-9(10)8-3-2-4-12-5-8;;;;/h2*2-5,9-10,13H,6-7H2,1H3;4*1H/t2*9-,10+;;;;/m10..../s1. The van der Waals surface area contributed by atoms with E-state index >= 15 is 0 Å². The molecule has 0 bridgehead atoms. The SMILES string of the molecule is COC(=O)[C@@H]1CNC[C@H]1c1cccnc1.COC(=O)[C@H]1CNC[C@@H]1c1cccnc1.Cl.Cl.Cl.Cl. The van der Waals surface area contributed by atoms with E-state index in [1.807, 2.05) is 36.7 Å². The molecule has 0 spiro atoms. The molecule has 4 atom stereocenters. The molecule has 0 saturated carbocycles. The fourth-order valence-corrected chi connectivity index (χ4v) is 4.05. The molecule has 0 amide bonds. The van der Waals surface area contributed by atoms with Gasteiger partial charge in [0.1, 0.15) is 0 Å². The van der Waals surface area contributed by atoms with Gasteiger partial charge in [0.15, 0.2) is 0 Å². The van der Waals surface area contributed by atoms with Gasteiger partial charge in [-0.3, -0.25) is 19.6 Å². The summed E-state index contributed by atoms with van der Waals surface area (Å²) in [6.45, 7) is 3.00. The number of hydrogen-bond acceptors (Lipinski definition) is 8. The minimum atomic E-state index is -0.145. The van der Waals surface area contributed by atoms with Crippen molar-refractivity contribution < 1.29 is 19.1 Å². The summed E-state index contributed by atoms with van der Waals surface area (Å²) in [6.07, 6.45) is 7.10. The number of nitrogens with zero attached hydrogens (tertiary/aromatic N) is 2. The van der Waals surface area contributed by atoms with Crippen molar-refractivity contribution in [2.24, 2.45) is 11.8 Å². The lowest BCUT2D eigenvalue weighted by Crippen LogP contribution is -2.22. The molecule has 4 heterocycles. The molecule has 8 nitrogen and oxygen atoms in total. The van der Waals surface area contributed by atoms with Crippen LogP contribution in [0.5, 0.6) is 0 Å². The van der Waals surface area contributed by atoms with Crippen molar-refractivity contribution >= 4 is 61.6 Å². The number of pyridine rings is 2. The first kappa shape index (κ1) is 34.5. The molecule has 2 aliphatic heterocycles. The van der Waals surface area contributed by atoms with Crippen LogP contribution < -0.4 is 10.6 Å².